The van der Waals surface area contributed by atoms with E-state index in [9.17, 15) is 0 Å². The Morgan fingerprint density at radius 1 is 1.45 bits per heavy atom. The van der Waals surface area contributed by atoms with Crippen LogP contribution >= 0.6 is 11.6 Å². The van der Waals surface area contributed by atoms with E-state index in [4.69, 9.17) is 21.8 Å². The highest BCUT2D eigenvalue weighted by Crippen LogP contribution is 2.19. The molecule has 0 atom stereocenters. The van der Waals surface area contributed by atoms with Gasteiger partial charge in [-0.2, -0.15) is 4.98 Å². The first-order valence-corrected chi connectivity index (χ1v) is 3.17. The topological polar surface area (TPSA) is 77.8 Å². The van der Waals surface area contributed by atoms with E-state index in [0.717, 1.165) is 0 Å². The molecule has 0 aliphatic rings. The molecule has 0 amide bonds. The van der Waals surface area contributed by atoms with Crippen molar-refractivity contribution in [2.45, 2.75) is 0 Å². The predicted molar refractivity (Wildman–Crippen MR) is 39.0 cm³/mol. The number of aromatic nitrogens is 3. The molecular weight excluding hydrogens is 168 g/mol. The number of nitrogens with two attached hydrogens (primary N) is 1. The maximum atomic E-state index is 5.45. The second-order valence-corrected chi connectivity index (χ2v) is 2.20. The minimum atomic E-state index is 0.0206. The van der Waals surface area contributed by atoms with Crippen molar-refractivity contribution < 1.29 is 4.42 Å². The van der Waals surface area contributed by atoms with Gasteiger partial charge in [0.15, 0.2) is 5.82 Å². The first kappa shape index (κ1) is 6.36. The normalized spacial score (nSPS) is 10.6. The van der Waals surface area contributed by atoms with Gasteiger partial charge in [-0.05, 0) is 11.6 Å². The summed E-state index contributed by atoms with van der Waals surface area (Å²) in [5.74, 6) is 0.245. The summed E-state index contributed by atoms with van der Waals surface area (Å²) >= 11 is 5.45. The van der Waals surface area contributed by atoms with Crippen LogP contribution < -0.4 is 5.73 Å². The average molecular weight is 171 g/mol. The number of fused-ring (bicyclic) bond motifs is 1. The molecule has 6 heteroatoms. The molecule has 2 aromatic rings. The summed E-state index contributed by atoms with van der Waals surface area (Å²) in [6.45, 7) is 0. The van der Waals surface area contributed by atoms with Gasteiger partial charge in [-0.15, -0.1) is 0 Å². The van der Waals surface area contributed by atoms with E-state index in [2.05, 4.69) is 15.0 Å². The van der Waals surface area contributed by atoms with Crippen LogP contribution in [-0.2, 0) is 0 Å². The lowest BCUT2D eigenvalue weighted by atomic mass is 10.5. The van der Waals surface area contributed by atoms with Crippen LogP contribution in [0.1, 0.15) is 0 Å². The van der Waals surface area contributed by atoms with E-state index in [1.54, 1.807) is 0 Å². The van der Waals surface area contributed by atoms with Crippen LogP contribution in [0.4, 0.5) is 5.82 Å². The molecule has 0 saturated carbocycles. The lowest BCUT2D eigenvalue weighted by Crippen LogP contribution is -1.90. The van der Waals surface area contributed by atoms with Crippen molar-refractivity contribution in [2.75, 3.05) is 5.73 Å². The first-order chi connectivity index (χ1) is 5.27. The number of nitrogens with zero attached hydrogens (tertiary/aromatic N) is 3. The number of hydrogen-bond acceptors (Lipinski definition) is 5. The summed E-state index contributed by atoms with van der Waals surface area (Å²) < 4.78 is 4.90. The van der Waals surface area contributed by atoms with E-state index >= 15 is 0 Å². The quantitative estimate of drug-likeness (QED) is 0.634. The molecule has 0 aromatic carbocycles. The number of halogens is 1. The maximum Gasteiger partial charge on any atom is 0.294 e. The van der Waals surface area contributed by atoms with Crippen molar-refractivity contribution in [3.05, 3.63) is 11.7 Å². The summed E-state index contributed by atoms with van der Waals surface area (Å²) in [6, 6.07) is 0. The van der Waals surface area contributed by atoms with Crippen molar-refractivity contribution in [1.82, 2.24) is 15.0 Å². The fourth-order valence-corrected chi connectivity index (χ4v) is 0.903. The van der Waals surface area contributed by atoms with E-state index in [1.807, 2.05) is 0 Å². The number of anilines is 1. The zero-order chi connectivity index (χ0) is 7.84. The van der Waals surface area contributed by atoms with Crippen molar-refractivity contribution in [3.8, 4) is 0 Å². The van der Waals surface area contributed by atoms with E-state index in [0.29, 0.717) is 11.2 Å². The molecule has 2 rings (SSSR count). The lowest BCUT2D eigenvalue weighted by molar-refractivity contribution is 0.604. The average Bonchev–Trinajstić information content (AvgIpc) is 2.31. The Bertz CT molecular complexity index is 398. The number of hydrogen-bond donors (Lipinski definition) is 1. The molecule has 0 saturated heterocycles. The first-order valence-electron chi connectivity index (χ1n) is 2.80. The van der Waals surface area contributed by atoms with Gasteiger partial charge >= 0.3 is 0 Å². The molecule has 2 heterocycles. The molecule has 0 radical (unpaired) electrons. The second-order valence-electron chi connectivity index (χ2n) is 1.88. The van der Waals surface area contributed by atoms with Gasteiger partial charge in [-0.1, -0.05) is 0 Å². The van der Waals surface area contributed by atoms with Gasteiger partial charge in [0.1, 0.15) is 6.33 Å². The Labute approximate surface area is 66.2 Å². The summed E-state index contributed by atoms with van der Waals surface area (Å²) in [5, 5.41) is 0.0206. The van der Waals surface area contributed by atoms with Gasteiger partial charge in [0.2, 0.25) is 11.2 Å². The van der Waals surface area contributed by atoms with Gasteiger partial charge in [0.05, 0.1) is 0 Å². The molecular formula is C5H3ClN4O. The van der Waals surface area contributed by atoms with Gasteiger partial charge in [-0.25, -0.2) is 9.97 Å². The third-order valence-electron chi connectivity index (χ3n) is 1.19. The molecule has 0 aliphatic carbocycles. The van der Waals surface area contributed by atoms with Crippen molar-refractivity contribution in [1.29, 1.82) is 0 Å². The molecule has 0 unspecified atom stereocenters. The predicted octanol–water partition coefficient (Wildman–Crippen LogP) is 0.853. The van der Waals surface area contributed by atoms with E-state index in [1.165, 1.54) is 6.33 Å². The van der Waals surface area contributed by atoms with Crippen molar-refractivity contribution in [2.24, 2.45) is 0 Å². The van der Waals surface area contributed by atoms with E-state index in [-0.39, 0.29) is 11.2 Å². The third-order valence-corrected chi connectivity index (χ3v) is 1.35. The Balaban J connectivity index is 2.90. The highest BCUT2D eigenvalue weighted by atomic mass is 35.5. The fraction of sp³-hybridized carbons (Fsp3) is 0. The number of rotatable bonds is 0. The maximum absolute atomic E-state index is 5.45. The van der Waals surface area contributed by atoms with Crippen LogP contribution in [0.2, 0.25) is 5.35 Å². The van der Waals surface area contributed by atoms with Crippen LogP contribution in [0, 0.1) is 0 Å². The zero-order valence-electron chi connectivity index (χ0n) is 5.28. The Morgan fingerprint density at radius 2 is 2.27 bits per heavy atom. The summed E-state index contributed by atoms with van der Waals surface area (Å²) in [5.41, 5.74) is 6.13. The molecule has 0 bridgehead atoms. The molecule has 0 fully saturated rings. The molecule has 2 aromatic heterocycles. The van der Waals surface area contributed by atoms with Crippen molar-refractivity contribution >= 4 is 28.6 Å². The standard InChI is InChI=1S/C5H3ClN4O/c6-5-10-4-2(11-5)3(7)8-1-9-4/h1H,(H2,7,8,9). The van der Waals surface area contributed by atoms with Crippen LogP contribution in [0.3, 0.4) is 0 Å². The van der Waals surface area contributed by atoms with Crippen LogP contribution in [0.15, 0.2) is 10.7 Å². The molecule has 0 aliphatic heterocycles. The number of nitrogen functional groups attached to an aromatic ring is 1. The second kappa shape index (κ2) is 2.06. The summed E-state index contributed by atoms with van der Waals surface area (Å²) in [6.07, 6.45) is 1.30. The lowest BCUT2D eigenvalue weighted by Gasteiger charge is -1.87. The monoisotopic (exact) mass is 170 g/mol. The highest BCUT2D eigenvalue weighted by Gasteiger charge is 2.07. The van der Waals surface area contributed by atoms with Crippen LogP contribution in [0.5, 0.6) is 0 Å². The molecule has 0 spiro atoms. The van der Waals surface area contributed by atoms with Gasteiger partial charge in [0.25, 0.3) is 5.35 Å². The summed E-state index contributed by atoms with van der Waals surface area (Å²) in [7, 11) is 0. The smallest absolute Gasteiger partial charge is 0.294 e. The van der Waals surface area contributed by atoms with Crippen LogP contribution in [-0.4, -0.2) is 15.0 Å². The van der Waals surface area contributed by atoms with E-state index < -0.39 is 0 Å². The fourth-order valence-electron chi connectivity index (χ4n) is 0.745. The Hall–Kier alpha value is -1.36. The largest absolute Gasteiger partial charge is 0.422 e. The zero-order valence-corrected chi connectivity index (χ0v) is 6.04. The number of oxazole rings is 1. The summed E-state index contributed by atoms with van der Waals surface area (Å²) in [4.78, 5) is 11.2. The Kier molecular flexibility index (Phi) is 1.19. The Morgan fingerprint density at radius 3 is 3.00 bits per heavy atom. The minimum absolute atomic E-state index is 0.0206. The highest BCUT2D eigenvalue weighted by molar-refractivity contribution is 6.28. The van der Waals surface area contributed by atoms with Gasteiger partial charge < -0.3 is 10.2 Å². The van der Waals surface area contributed by atoms with Gasteiger partial charge in [-0.3, -0.25) is 0 Å². The molecule has 5 nitrogen and oxygen atoms in total. The molecule has 11 heavy (non-hydrogen) atoms. The third kappa shape index (κ3) is 0.894. The van der Waals surface area contributed by atoms with Crippen LogP contribution in [0.25, 0.3) is 11.2 Å². The van der Waals surface area contributed by atoms with Gasteiger partial charge in [0, 0.05) is 0 Å². The SMILES string of the molecule is Nc1ncnc2nc(Cl)oc12. The molecule has 56 valence electrons. The minimum Gasteiger partial charge on any atom is -0.422 e. The van der Waals surface area contributed by atoms with Crippen molar-refractivity contribution in [3.63, 3.8) is 0 Å². The molecule has 2 N–H and O–H groups in total.